The van der Waals surface area contributed by atoms with Crippen molar-refractivity contribution in [3.05, 3.63) is 63.0 Å². The van der Waals surface area contributed by atoms with Gasteiger partial charge in [-0.25, -0.2) is 4.39 Å². The van der Waals surface area contributed by atoms with Gasteiger partial charge in [-0.1, -0.05) is 12.1 Å². The third-order valence-corrected chi connectivity index (χ3v) is 3.71. The summed E-state index contributed by atoms with van der Waals surface area (Å²) in [6, 6.07) is 11.8. The molecule has 0 spiro atoms. The molecule has 0 radical (unpaired) electrons. The van der Waals surface area contributed by atoms with E-state index >= 15 is 0 Å². The predicted octanol–water partition coefficient (Wildman–Crippen LogP) is 4.22. The first-order chi connectivity index (χ1) is 10.1. The van der Waals surface area contributed by atoms with E-state index in [0.29, 0.717) is 28.0 Å². The maximum atomic E-state index is 13.5. The molecule has 0 saturated carbocycles. The Labute approximate surface area is 136 Å². The molecule has 110 valence electrons. The SMILES string of the molecule is CCOCc1cccc(NC(=O)c2ccc(I)c(F)c2)c1. The summed E-state index contributed by atoms with van der Waals surface area (Å²) in [5.74, 6) is -0.729. The zero-order valence-corrected chi connectivity index (χ0v) is 13.7. The molecule has 0 fully saturated rings. The van der Waals surface area contributed by atoms with Crippen molar-refractivity contribution in [1.82, 2.24) is 0 Å². The minimum Gasteiger partial charge on any atom is -0.377 e. The summed E-state index contributed by atoms with van der Waals surface area (Å²) in [5.41, 5.74) is 1.93. The fourth-order valence-corrected chi connectivity index (χ4v) is 2.13. The van der Waals surface area contributed by atoms with Crippen LogP contribution >= 0.6 is 22.6 Å². The molecule has 1 amide bonds. The zero-order valence-electron chi connectivity index (χ0n) is 11.5. The standard InChI is InChI=1S/C16H15FINO2/c1-2-21-10-11-4-3-5-13(8-11)19-16(20)12-6-7-15(18)14(17)9-12/h3-9H,2,10H2,1H3,(H,19,20). The Balaban J connectivity index is 2.10. The third kappa shape index (κ3) is 4.50. The highest BCUT2D eigenvalue weighted by atomic mass is 127. The highest BCUT2D eigenvalue weighted by Gasteiger charge is 2.09. The Morgan fingerprint density at radius 3 is 2.81 bits per heavy atom. The van der Waals surface area contributed by atoms with Crippen LogP contribution < -0.4 is 5.32 Å². The Morgan fingerprint density at radius 1 is 1.29 bits per heavy atom. The van der Waals surface area contributed by atoms with Crippen LogP contribution in [-0.4, -0.2) is 12.5 Å². The van der Waals surface area contributed by atoms with Crippen LogP contribution in [0.2, 0.25) is 0 Å². The summed E-state index contributed by atoms with van der Waals surface area (Å²) >= 11 is 1.88. The topological polar surface area (TPSA) is 38.3 Å². The summed E-state index contributed by atoms with van der Waals surface area (Å²) in [7, 11) is 0. The molecular formula is C16H15FINO2. The smallest absolute Gasteiger partial charge is 0.255 e. The Morgan fingerprint density at radius 2 is 2.10 bits per heavy atom. The van der Waals surface area contributed by atoms with Crippen molar-refractivity contribution in [3.63, 3.8) is 0 Å². The summed E-state index contributed by atoms with van der Waals surface area (Å²) in [6.07, 6.45) is 0. The molecule has 3 nitrogen and oxygen atoms in total. The summed E-state index contributed by atoms with van der Waals surface area (Å²) in [4.78, 5) is 12.1. The van der Waals surface area contributed by atoms with Crippen molar-refractivity contribution in [1.29, 1.82) is 0 Å². The first kappa shape index (κ1) is 15.9. The second-order valence-electron chi connectivity index (χ2n) is 4.42. The zero-order chi connectivity index (χ0) is 15.2. The number of benzene rings is 2. The first-order valence-corrected chi connectivity index (χ1v) is 7.61. The van der Waals surface area contributed by atoms with Gasteiger partial charge in [-0.05, 0) is 65.4 Å². The van der Waals surface area contributed by atoms with Gasteiger partial charge in [0.2, 0.25) is 0 Å². The molecule has 21 heavy (non-hydrogen) atoms. The second kappa shape index (κ2) is 7.51. The third-order valence-electron chi connectivity index (χ3n) is 2.84. The van der Waals surface area contributed by atoms with Crippen LogP contribution in [-0.2, 0) is 11.3 Å². The molecule has 0 aliphatic rings. The van der Waals surface area contributed by atoms with Gasteiger partial charge in [0.25, 0.3) is 5.91 Å². The highest BCUT2D eigenvalue weighted by Crippen LogP contribution is 2.16. The maximum Gasteiger partial charge on any atom is 0.255 e. The summed E-state index contributed by atoms with van der Waals surface area (Å²) < 4.78 is 19.3. The molecule has 0 heterocycles. The molecule has 1 N–H and O–H groups in total. The average molecular weight is 399 g/mol. The fourth-order valence-electron chi connectivity index (χ4n) is 1.80. The first-order valence-electron chi connectivity index (χ1n) is 6.53. The van der Waals surface area contributed by atoms with Crippen molar-refractivity contribution in [2.75, 3.05) is 11.9 Å². The van der Waals surface area contributed by atoms with Gasteiger partial charge < -0.3 is 10.1 Å². The Kier molecular flexibility index (Phi) is 5.69. The van der Waals surface area contributed by atoms with Crippen molar-refractivity contribution in [3.8, 4) is 0 Å². The Bertz CT molecular complexity index is 646. The van der Waals surface area contributed by atoms with Crippen LogP contribution in [0.4, 0.5) is 10.1 Å². The molecule has 0 aromatic heterocycles. The van der Waals surface area contributed by atoms with E-state index in [1.807, 2.05) is 47.7 Å². The van der Waals surface area contributed by atoms with Crippen LogP contribution in [0.1, 0.15) is 22.8 Å². The molecule has 0 saturated heterocycles. The average Bonchev–Trinajstić information content (AvgIpc) is 2.48. The maximum absolute atomic E-state index is 13.5. The van der Waals surface area contributed by atoms with Crippen molar-refractivity contribution in [2.45, 2.75) is 13.5 Å². The predicted molar refractivity (Wildman–Crippen MR) is 88.8 cm³/mol. The molecule has 0 bridgehead atoms. The van der Waals surface area contributed by atoms with E-state index < -0.39 is 5.82 Å². The number of rotatable bonds is 5. The van der Waals surface area contributed by atoms with Crippen LogP contribution in [0, 0.1) is 9.39 Å². The van der Waals surface area contributed by atoms with Crippen LogP contribution in [0.25, 0.3) is 0 Å². The van der Waals surface area contributed by atoms with E-state index in [1.54, 1.807) is 18.2 Å². The quantitative estimate of drug-likeness (QED) is 0.765. The monoisotopic (exact) mass is 399 g/mol. The summed E-state index contributed by atoms with van der Waals surface area (Å²) in [6.45, 7) is 3.06. The van der Waals surface area contributed by atoms with Crippen LogP contribution in [0.3, 0.4) is 0 Å². The van der Waals surface area contributed by atoms with Gasteiger partial charge in [0.1, 0.15) is 5.82 Å². The normalized spacial score (nSPS) is 10.4. The lowest BCUT2D eigenvalue weighted by Gasteiger charge is -2.08. The number of hydrogen-bond acceptors (Lipinski definition) is 2. The van der Waals surface area contributed by atoms with Gasteiger partial charge in [-0.2, -0.15) is 0 Å². The number of nitrogens with one attached hydrogen (secondary N) is 1. The molecule has 0 aliphatic carbocycles. The van der Waals surface area contributed by atoms with E-state index in [1.165, 1.54) is 6.07 Å². The molecule has 0 unspecified atom stereocenters. The van der Waals surface area contributed by atoms with E-state index in [0.717, 1.165) is 5.56 Å². The lowest BCUT2D eigenvalue weighted by Crippen LogP contribution is -2.12. The number of anilines is 1. The van der Waals surface area contributed by atoms with Crippen molar-refractivity contribution < 1.29 is 13.9 Å². The van der Waals surface area contributed by atoms with Crippen LogP contribution in [0.5, 0.6) is 0 Å². The Hall–Kier alpha value is -1.47. The molecule has 0 atom stereocenters. The second-order valence-corrected chi connectivity index (χ2v) is 5.58. The van der Waals surface area contributed by atoms with Gasteiger partial charge >= 0.3 is 0 Å². The van der Waals surface area contributed by atoms with Crippen molar-refractivity contribution >= 4 is 34.2 Å². The van der Waals surface area contributed by atoms with E-state index in [2.05, 4.69) is 5.32 Å². The lowest BCUT2D eigenvalue weighted by atomic mass is 10.2. The van der Waals surface area contributed by atoms with Gasteiger partial charge in [0.05, 0.1) is 6.61 Å². The number of ether oxygens (including phenoxy) is 1. The van der Waals surface area contributed by atoms with E-state index in [-0.39, 0.29) is 5.91 Å². The lowest BCUT2D eigenvalue weighted by molar-refractivity contribution is 0.102. The van der Waals surface area contributed by atoms with Crippen molar-refractivity contribution in [2.24, 2.45) is 0 Å². The molecular weight excluding hydrogens is 384 g/mol. The molecule has 0 aliphatic heterocycles. The number of carbonyl (C=O) groups excluding carboxylic acids is 1. The van der Waals surface area contributed by atoms with Gasteiger partial charge in [0, 0.05) is 21.4 Å². The van der Waals surface area contributed by atoms with Crippen LogP contribution in [0.15, 0.2) is 42.5 Å². The minimum atomic E-state index is -0.395. The molecule has 2 rings (SSSR count). The molecule has 2 aromatic rings. The van der Waals surface area contributed by atoms with Gasteiger partial charge in [-0.3, -0.25) is 4.79 Å². The number of carbonyl (C=O) groups is 1. The van der Waals surface area contributed by atoms with Gasteiger partial charge in [-0.15, -0.1) is 0 Å². The van der Waals surface area contributed by atoms with E-state index in [4.69, 9.17) is 4.74 Å². The number of halogens is 2. The molecule has 5 heteroatoms. The van der Waals surface area contributed by atoms with E-state index in [9.17, 15) is 9.18 Å². The number of amides is 1. The highest BCUT2D eigenvalue weighted by molar-refractivity contribution is 14.1. The summed E-state index contributed by atoms with van der Waals surface area (Å²) in [5, 5.41) is 2.76. The number of hydrogen-bond donors (Lipinski definition) is 1. The van der Waals surface area contributed by atoms with Gasteiger partial charge in [0.15, 0.2) is 0 Å². The largest absolute Gasteiger partial charge is 0.377 e. The minimum absolute atomic E-state index is 0.295. The molecule has 2 aromatic carbocycles. The fraction of sp³-hybridized carbons (Fsp3) is 0.188.